The quantitative estimate of drug-likeness (QED) is 0.182. The summed E-state index contributed by atoms with van der Waals surface area (Å²) in [6.07, 6.45) is 1.32. The van der Waals surface area contributed by atoms with Gasteiger partial charge in [-0.1, -0.05) is 167 Å². The summed E-state index contributed by atoms with van der Waals surface area (Å²) < 4.78 is 2.47. The Morgan fingerprint density at radius 2 is 0.709 bits per heavy atom. The molecule has 0 saturated heterocycles. The molecule has 264 valence electrons. The number of ketones is 2. The lowest BCUT2D eigenvalue weighted by molar-refractivity contribution is 0.0858. The number of fused-ring (bicyclic) bond motifs is 8. The molecule has 7 aromatic carbocycles. The molecule has 55 heavy (non-hydrogen) atoms. The summed E-state index contributed by atoms with van der Waals surface area (Å²) in [4.78, 5) is 29.9. The third-order valence-corrected chi connectivity index (χ3v) is 12.6. The predicted molar refractivity (Wildman–Crippen MR) is 226 cm³/mol. The average molecular weight is 710 g/mol. The van der Waals surface area contributed by atoms with E-state index in [0.717, 1.165) is 105 Å². The number of aromatic nitrogens is 1. The number of rotatable bonds is 4. The maximum absolute atomic E-state index is 15.0. The van der Waals surface area contributed by atoms with E-state index in [4.69, 9.17) is 0 Å². The third kappa shape index (κ3) is 4.21. The minimum atomic E-state index is -0.563. The van der Waals surface area contributed by atoms with Crippen LogP contribution in [0.1, 0.15) is 59.5 Å². The van der Waals surface area contributed by atoms with Gasteiger partial charge in [-0.2, -0.15) is 0 Å². The van der Waals surface area contributed by atoms with E-state index in [1.165, 1.54) is 0 Å². The third-order valence-electron chi connectivity index (χ3n) is 12.6. The highest BCUT2D eigenvalue weighted by atomic mass is 16.1. The maximum atomic E-state index is 15.0. The van der Waals surface area contributed by atoms with Crippen LogP contribution in [0.2, 0.25) is 0 Å². The number of carbonyl (C=O) groups is 2. The van der Waals surface area contributed by atoms with Gasteiger partial charge < -0.3 is 4.40 Å². The molecular formula is C52H39NO2. The van der Waals surface area contributed by atoms with Gasteiger partial charge in [0.1, 0.15) is 0 Å². The Kier molecular flexibility index (Phi) is 6.50. The Morgan fingerprint density at radius 3 is 1.05 bits per heavy atom. The summed E-state index contributed by atoms with van der Waals surface area (Å²) in [5, 5.41) is 4.63. The van der Waals surface area contributed by atoms with Crippen molar-refractivity contribution in [1.29, 1.82) is 0 Å². The minimum absolute atomic E-state index is 0.177. The first-order valence-corrected chi connectivity index (χ1v) is 19.4. The van der Waals surface area contributed by atoms with E-state index in [-0.39, 0.29) is 11.6 Å². The van der Waals surface area contributed by atoms with Crippen molar-refractivity contribution >= 4 is 49.7 Å². The molecule has 2 aliphatic carbocycles. The molecule has 0 amide bonds. The van der Waals surface area contributed by atoms with Crippen LogP contribution in [0.25, 0.3) is 82.6 Å². The van der Waals surface area contributed by atoms with Crippen molar-refractivity contribution in [2.75, 3.05) is 0 Å². The maximum Gasteiger partial charge on any atom is 0.169 e. The van der Waals surface area contributed by atoms with Gasteiger partial charge in [0.15, 0.2) is 11.6 Å². The van der Waals surface area contributed by atoms with E-state index in [9.17, 15) is 9.59 Å². The fourth-order valence-corrected chi connectivity index (χ4v) is 10.3. The molecule has 0 bridgehead atoms. The first kappa shape index (κ1) is 32.1. The minimum Gasteiger partial charge on any atom is -0.307 e. The zero-order chi connectivity index (χ0) is 37.4. The van der Waals surface area contributed by atoms with E-state index in [1.54, 1.807) is 0 Å². The van der Waals surface area contributed by atoms with Gasteiger partial charge in [0.2, 0.25) is 0 Å². The van der Waals surface area contributed by atoms with Crippen molar-refractivity contribution in [3.63, 3.8) is 0 Å². The normalized spacial score (nSPS) is 15.9. The van der Waals surface area contributed by atoms with E-state index in [0.29, 0.717) is 12.8 Å². The zero-order valence-electron chi connectivity index (χ0n) is 31.5. The topological polar surface area (TPSA) is 38.5 Å². The number of para-hydroxylation sites is 1. The molecular weight excluding hydrogens is 671 g/mol. The van der Waals surface area contributed by atoms with Gasteiger partial charge in [-0.3, -0.25) is 9.59 Å². The van der Waals surface area contributed by atoms with Crippen molar-refractivity contribution in [2.45, 2.75) is 40.5 Å². The Hall–Kier alpha value is -6.32. The Bertz CT molecular complexity index is 2870. The molecule has 9 aromatic rings. The van der Waals surface area contributed by atoms with Crippen molar-refractivity contribution in [3.8, 4) is 44.5 Å². The van der Waals surface area contributed by atoms with Gasteiger partial charge in [0, 0.05) is 54.6 Å². The Morgan fingerprint density at radius 1 is 0.382 bits per heavy atom. The molecule has 0 spiro atoms. The molecule has 0 atom stereocenters. The zero-order valence-corrected chi connectivity index (χ0v) is 31.5. The fourth-order valence-electron chi connectivity index (χ4n) is 10.3. The molecule has 0 radical (unpaired) electrons. The van der Waals surface area contributed by atoms with Crippen LogP contribution in [0.4, 0.5) is 0 Å². The van der Waals surface area contributed by atoms with Crippen molar-refractivity contribution in [2.24, 2.45) is 10.8 Å². The second kappa shape index (κ2) is 11.1. The van der Waals surface area contributed by atoms with Crippen LogP contribution in [-0.2, 0) is 12.8 Å². The van der Waals surface area contributed by atoms with E-state index >= 15 is 0 Å². The number of hydrogen-bond acceptors (Lipinski definition) is 2. The van der Waals surface area contributed by atoms with E-state index in [2.05, 4.69) is 159 Å². The van der Waals surface area contributed by atoms with Gasteiger partial charge in [0.05, 0.1) is 16.6 Å². The summed E-state index contributed by atoms with van der Waals surface area (Å²) >= 11 is 0. The smallest absolute Gasteiger partial charge is 0.169 e. The highest BCUT2D eigenvalue weighted by Gasteiger charge is 2.45. The summed E-state index contributed by atoms with van der Waals surface area (Å²) in [6, 6.07) is 49.0. The molecule has 3 nitrogen and oxygen atoms in total. The molecule has 0 aliphatic heterocycles. The summed E-state index contributed by atoms with van der Waals surface area (Å²) in [6.45, 7) is 8.38. The Labute approximate surface area is 320 Å². The van der Waals surface area contributed by atoms with Crippen molar-refractivity contribution in [1.82, 2.24) is 4.40 Å². The van der Waals surface area contributed by atoms with Crippen molar-refractivity contribution in [3.05, 3.63) is 162 Å². The predicted octanol–water partition coefficient (Wildman–Crippen LogP) is 13.0. The SMILES string of the molecule is CC1(C)Cc2c(c(-c3ccccc3)c3c(c2-c2ccccc2)c2cccc4c5c(-c6ccccc6)c6c(c(-c7ccccc7)c5n3c24)C(=O)C(C)(C)C6)C1=O. The van der Waals surface area contributed by atoms with E-state index in [1.807, 2.05) is 12.1 Å². The molecule has 2 aromatic heterocycles. The first-order valence-electron chi connectivity index (χ1n) is 19.4. The van der Waals surface area contributed by atoms with Gasteiger partial charge in [-0.25, -0.2) is 0 Å². The second-order valence-corrected chi connectivity index (χ2v) is 16.9. The number of hydrogen-bond donors (Lipinski definition) is 0. The second-order valence-electron chi connectivity index (χ2n) is 16.9. The number of carbonyl (C=O) groups excluding carboxylic acids is 2. The van der Waals surface area contributed by atoms with Crippen LogP contribution in [0.3, 0.4) is 0 Å². The van der Waals surface area contributed by atoms with Gasteiger partial charge >= 0.3 is 0 Å². The van der Waals surface area contributed by atoms with Crippen LogP contribution in [0.5, 0.6) is 0 Å². The lowest BCUT2D eigenvalue weighted by Gasteiger charge is -2.20. The fraction of sp³-hybridized carbons (Fsp3) is 0.154. The molecule has 2 heterocycles. The number of benzene rings is 7. The largest absolute Gasteiger partial charge is 0.307 e. The van der Waals surface area contributed by atoms with Crippen LogP contribution >= 0.6 is 0 Å². The molecule has 0 unspecified atom stereocenters. The molecule has 0 fully saturated rings. The molecule has 0 N–H and O–H groups in total. The summed E-state index contributed by atoms with van der Waals surface area (Å²) in [5.74, 6) is 0.354. The molecule has 3 heteroatoms. The van der Waals surface area contributed by atoms with Crippen LogP contribution in [-0.4, -0.2) is 16.0 Å². The van der Waals surface area contributed by atoms with Crippen LogP contribution in [0, 0.1) is 10.8 Å². The standard InChI is InChI=1S/C52H39NO2/c1-51(2)28-36-38(30-18-9-5-10-19-30)42-34-26-17-27-35-43-39(31-20-11-6-12-21-31)37-29-52(3,4)50(55)45(37)41(33-24-15-8-16-25-33)48(43)53(46(34)35)47(42)40(44(36)49(51)54)32-22-13-7-14-23-32/h5-27H,28-29H2,1-4H3. The number of nitrogens with zero attached hydrogens (tertiary/aromatic N) is 1. The lowest BCUT2D eigenvalue weighted by Crippen LogP contribution is -2.19. The molecule has 2 aliphatic rings. The Balaban J connectivity index is 1.50. The summed E-state index contributed by atoms with van der Waals surface area (Å²) in [5.41, 5.74) is 14.4. The molecule has 11 rings (SSSR count). The van der Waals surface area contributed by atoms with E-state index < -0.39 is 10.8 Å². The highest BCUT2D eigenvalue weighted by Crippen LogP contribution is 2.57. The highest BCUT2D eigenvalue weighted by molar-refractivity contribution is 6.35. The van der Waals surface area contributed by atoms with Crippen LogP contribution in [0.15, 0.2) is 140 Å². The van der Waals surface area contributed by atoms with Crippen LogP contribution < -0.4 is 0 Å². The average Bonchev–Trinajstić information content (AvgIpc) is 3.87. The molecule has 0 saturated carbocycles. The van der Waals surface area contributed by atoms with Crippen molar-refractivity contribution < 1.29 is 9.59 Å². The van der Waals surface area contributed by atoms with Gasteiger partial charge in [-0.15, -0.1) is 0 Å². The summed E-state index contributed by atoms with van der Waals surface area (Å²) in [7, 11) is 0. The lowest BCUT2D eigenvalue weighted by atomic mass is 9.84. The van der Waals surface area contributed by atoms with Gasteiger partial charge in [0.25, 0.3) is 0 Å². The number of Topliss-reactive ketones (excluding diaryl/α,β-unsaturated/α-hetero) is 2. The first-order chi connectivity index (χ1) is 26.7. The monoisotopic (exact) mass is 709 g/mol. The van der Waals surface area contributed by atoms with Gasteiger partial charge in [-0.05, 0) is 57.3 Å².